The van der Waals surface area contributed by atoms with Crippen LogP contribution in [0.25, 0.3) is 12.2 Å². The lowest BCUT2D eigenvalue weighted by Crippen LogP contribution is -2.39. The average Bonchev–Trinajstić information content (AvgIpc) is 4.09. The van der Waals surface area contributed by atoms with E-state index in [1.165, 1.54) is 31.4 Å². The van der Waals surface area contributed by atoms with Gasteiger partial charge in [-0.05, 0) is 118 Å². The van der Waals surface area contributed by atoms with E-state index >= 15 is 0 Å². The second-order valence-electron chi connectivity index (χ2n) is 20.7. The number of hydrogen-bond acceptors (Lipinski definition) is 18. The predicted molar refractivity (Wildman–Crippen MR) is 307 cm³/mol. The molecular weight excluding hydrogens is 1070 g/mol. The first-order valence-corrected chi connectivity index (χ1v) is 27.2. The molecule has 3 aliphatic heterocycles. The summed E-state index contributed by atoms with van der Waals surface area (Å²) in [4.78, 5) is 52.4. The Kier molecular flexibility index (Phi) is 21.9. The summed E-state index contributed by atoms with van der Waals surface area (Å²) in [6.45, 7) is 11.0. The maximum absolute atomic E-state index is 13.8. The maximum Gasteiger partial charge on any atom is 0.342 e. The maximum atomic E-state index is 13.8. The molecule has 3 heterocycles. The first-order chi connectivity index (χ1) is 39.7. The minimum Gasteiger partial charge on any atom is -0.508 e. The molecular formula is C65H72O18. The van der Waals surface area contributed by atoms with Gasteiger partial charge in [0, 0.05) is 31.1 Å². The molecule has 18 nitrogen and oxygen atoms in total. The topological polar surface area (TPSA) is 241 Å². The third-order valence-electron chi connectivity index (χ3n) is 13.9. The van der Waals surface area contributed by atoms with Crippen molar-refractivity contribution in [1.29, 1.82) is 0 Å². The number of benzene rings is 5. The number of aliphatic hydroxyl groups is 2. The lowest BCUT2D eigenvalue weighted by molar-refractivity contribution is -0.152. The predicted octanol–water partition coefficient (Wildman–Crippen LogP) is 10.4. The van der Waals surface area contributed by atoms with E-state index in [1.807, 2.05) is 76.3 Å². The molecule has 0 aromatic heterocycles. The summed E-state index contributed by atoms with van der Waals surface area (Å²) in [6.07, 6.45) is 6.66. The van der Waals surface area contributed by atoms with E-state index in [9.17, 15) is 39.6 Å². The van der Waals surface area contributed by atoms with E-state index in [2.05, 4.69) is 0 Å². The molecule has 4 N–H and O–H groups in total. The smallest absolute Gasteiger partial charge is 0.342 e. The van der Waals surface area contributed by atoms with Crippen LogP contribution in [0, 0.1) is 11.8 Å². The van der Waals surface area contributed by atoms with Gasteiger partial charge in [0.2, 0.25) is 0 Å². The molecule has 3 aliphatic rings. The van der Waals surface area contributed by atoms with Crippen LogP contribution < -0.4 is 14.2 Å². The molecule has 10 atom stereocenters. The van der Waals surface area contributed by atoms with Gasteiger partial charge in [-0.1, -0.05) is 98.8 Å². The van der Waals surface area contributed by atoms with Crippen molar-refractivity contribution in [1.82, 2.24) is 0 Å². The van der Waals surface area contributed by atoms with Gasteiger partial charge in [-0.25, -0.2) is 19.2 Å². The van der Waals surface area contributed by atoms with E-state index < -0.39 is 84.2 Å². The molecule has 440 valence electrons. The Morgan fingerprint density at radius 2 is 1.18 bits per heavy atom. The van der Waals surface area contributed by atoms with Gasteiger partial charge in [0.1, 0.15) is 83.1 Å². The normalized spacial score (nSPS) is 25.9. The second kappa shape index (κ2) is 29.1. The van der Waals surface area contributed by atoms with Crippen LogP contribution in [-0.2, 0) is 39.8 Å². The molecule has 0 spiro atoms. The zero-order chi connectivity index (χ0) is 59.8. The number of phenolic OH excluding ortho intramolecular Hbond substituents is 2. The standard InChI is InChI=1S/C39H44O10.C26H28O8/c1-25-15-20-32(47-37(40)28-11-8-7-9-12-28)36-33(48-39(3,4)49-36)14-10-13-29-21-31(44-23-27-16-18-30(43-6)19-17-27)22-34(45-24-42-5)35(29)38(41)46-26(25)2;1-15-11-12-22(34-25(31)17-7-4-3-5-8-17)24(30)20(28)10-6-9-18-13-19(27)14-21(29)23(18)26(32)33-16(15)2/h7-13,15-22,25-26,32-33,36H,14,23-24H2,1-6H3;3-9,11-16,20,22,24,27-30H,10H2,1-2H3/b13-10+,20-15-;9-6+,12-11-/t25-,26+,32?,33+,36?;15-,16+,20?,22?,24?/m11/s1. The third kappa shape index (κ3) is 17.2. The Labute approximate surface area is 483 Å². The van der Waals surface area contributed by atoms with Crippen LogP contribution in [0.5, 0.6) is 28.7 Å². The number of phenols is 2. The van der Waals surface area contributed by atoms with E-state index in [1.54, 1.807) is 99.8 Å². The van der Waals surface area contributed by atoms with Crippen molar-refractivity contribution in [2.24, 2.45) is 11.8 Å². The average molecular weight is 1140 g/mol. The molecule has 1 saturated heterocycles. The van der Waals surface area contributed by atoms with Crippen molar-refractivity contribution in [3.05, 3.63) is 185 Å². The molecule has 0 radical (unpaired) electrons. The quantitative estimate of drug-likeness (QED) is 0.0416. The number of esters is 4. The van der Waals surface area contributed by atoms with Gasteiger partial charge >= 0.3 is 23.9 Å². The van der Waals surface area contributed by atoms with Gasteiger partial charge in [0.25, 0.3) is 0 Å². The fraction of sp³-hybridized carbons (Fsp3) is 0.354. The number of carbonyl (C=O) groups excluding carboxylic acids is 4. The van der Waals surface area contributed by atoms with Crippen LogP contribution in [-0.4, -0.2) is 120 Å². The fourth-order valence-electron chi connectivity index (χ4n) is 9.02. The van der Waals surface area contributed by atoms with Gasteiger partial charge in [0.15, 0.2) is 12.6 Å². The SMILES string of the molecule is COCOc1cc(OCc2ccc(OC)cc2)cc2c1C(=O)O[C@@H](C)[C@H](C)/C=C\C(OC(=O)c1ccccc1)C1OC(C)(C)O[C@H]1C/C=C/2.C[C@@H]1/C=C\C(OC(=O)c2ccccc2)C(O)C(O)C/C=C/c2cc(O)cc(O)c2C(=O)O[C@H]1C. The molecule has 5 aromatic rings. The minimum absolute atomic E-state index is 0.0642. The van der Waals surface area contributed by atoms with Crippen LogP contribution in [0.1, 0.15) is 113 Å². The Balaban J connectivity index is 0.000000255. The van der Waals surface area contributed by atoms with Crippen LogP contribution in [0.15, 0.2) is 146 Å². The molecule has 0 aliphatic carbocycles. The van der Waals surface area contributed by atoms with E-state index in [4.69, 9.17) is 47.4 Å². The van der Waals surface area contributed by atoms with Gasteiger partial charge in [-0.2, -0.15) is 0 Å². The highest BCUT2D eigenvalue weighted by atomic mass is 16.8. The number of cyclic esters (lactones) is 2. The van der Waals surface area contributed by atoms with Crippen LogP contribution in [0.4, 0.5) is 0 Å². The number of ether oxygens (including phenoxy) is 10. The largest absolute Gasteiger partial charge is 0.508 e. The van der Waals surface area contributed by atoms with Crippen molar-refractivity contribution in [3.8, 4) is 28.7 Å². The summed E-state index contributed by atoms with van der Waals surface area (Å²) >= 11 is 0. The number of methoxy groups -OCH3 is 2. The van der Waals surface area contributed by atoms with E-state index in [0.29, 0.717) is 28.9 Å². The highest BCUT2D eigenvalue weighted by Crippen LogP contribution is 2.37. The van der Waals surface area contributed by atoms with Crippen LogP contribution in [0.2, 0.25) is 0 Å². The van der Waals surface area contributed by atoms with Crippen LogP contribution in [0.3, 0.4) is 0 Å². The summed E-state index contributed by atoms with van der Waals surface area (Å²) in [5.41, 5.74) is 2.47. The first kappa shape index (κ1) is 62.3. The highest BCUT2D eigenvalue weighted by Gasteiger charge is 2.46. The summed E-state index contributed by atoms with van der Waals surface area (Å²) in [7, 11) is 3.12. The lowest BCUT2D eigenvalue weighted by atomic mass is 9.98. The molecule has 0 bridgehead atoms. The minimum atomic E-state index is -1.45. The molecule has 5 unspecified atom stereocenters. The Morgan fingerprint density at radius 1 is 0.627 bits per heavy atom. The number of carbonyl (C=O) groups is 4. The van der Waals surface area contributed by atoms with Gasteiger partial charge in [-0.15, -0.1) is 0 Å². The van der Waals surface area contributed by atoms with Crippen molar-refractivity contribution >= 4 is 36.0 Å². The molecule has 18 heteroatoms. The lowest BCUT2D eigenvalue weighted by Gasteiger charge is -2.25. The molecule has 0 saturated carbocycles. The zero-order valence-corrected chi connectivity index (χ0v) is 47.6. The zero-order valence-electron chi connectivity index (χ0n) is 47.6. The summed E-state index contributed by atoms with van der Waals surface area (Å²) < 4.78 is 58.2. The fourth-order valence-corrected chi connectivity index (χ4v) is 9.02. The number of aromatic hydroxyl groups is 2. The molecule has 83 heavy (non-hydrogen) atoms. The van der Waals surface area contributed by atoms with E-state index in [0.717, 1.165) is 17.4 Å². The number of fused-ring (bicyclic) bond motifs is 3. The van der Waals surface area contributed by atoms with Gasteiger partial charge < -0.3 is 67.8 Å². The molecule has 0 amide bonds. The molecule has 1 fully saturated rings. The Bertz CT molecular complexity index is 3110. The van der Waals surface area contributed by atoms with Crippen molar-refractivity contribution in [3.63, 3.8) is 0 Å². The van der Waals surface area contributed by atoms with Gasteiger partial charge in [0.05, 0.1) is 30.4 Å². The van der Waals surface area contributed by atoms with E-state index in [-0.39, 0.29) is 59.8 Å². The number of rotatable bonds is 11. The Morgan fingerprint density at radius 3 is 1.77 bits per heavy atom. The van der Waals surface area contributed by atoms with Gasteiger partial charge in [-0.3, -0.25) is 0 Å². The van der Waals surface area contributed by atoms with Crippen LogP contribution >= 0.6 is 0 Å². The summed E-state index contributed by atoms with van der Waals surface area (Å²) in [6, 6.07) is 30.4. The van der Waals surface area contributed by atoms with Crippen molar-refractivity contribution in [2.75, 3.05) is 21.0 Å². The second-order valence-corrected chi connectivity index (χ2v) is 20.7. The molecule has 5 aromatic carbocycles. The highest BCUT2D eigenvalue weighted by molar-refractivity contribution is 5.98. The number of hydrogen-bond donors (Lipinski definition) is 4. The van der Waals surface area contributed by atoms with Crippen molar-refractivity contribution in [2.45, 2.75) is 116 Å². The summed E-state index contributed by atoms with van der Waals surface area (Å²) in [5, 5.41) is 41.4. The number of aliphatic hydroxyl groups excluding tert-OH is 2. The monoisotopic (exact) mass is 1140 g/mol. The summed E-state index contributed by atoms with van der Waals surface area (Å²) in [5.74, 6) is -3.26. The molecule has 8 rings (SSSR count). The Hall–Kier alpha value is -8.26. The van der Waals surface area contributed by atoms with Crippen molar-refractivity contribution < 1.29 is 87.0 Å². The third-order valence-corrected chi connectivity index (χ3v) is 13.9. The first-order valence-electron chi connectivity index (χ1n) is 27.2.